The zero-order chi connectivity index (χ0) is 16.3. The molecule has 0 unspecified atom stereocenters. The number of likely N-dealkylation sites (tertiary alicyclic amines) is 1. The average molecular weight is 310 g/mol. The van der Waals surface area contributed by atoms with Crippen molar-refractivity contribution in [3.63, 3.8) is 0 Å². The highest BCUT2D eigenvalue weighted by Gasteiger charge is 2.32. The van der Waals surface area contributed by atoms with Gasteiger partial charge in [0.1, 0.15) is 11.6 Å². The minimum Gasteiger partial charge on any atom is -0.324 e. The van der Waals surface area contributed by atoms with Crippen molar-refractivity contribution < 1.29 is 4.79 Å². The molecule has 2 amide bonds. The molecule has 1 aromatic heterocycles. The quantitative estimate of drug-likeness (QED) is 0.946. The molecule has 0 bridgehead atoms. The maximum absolute atomic E-state index is 12.3. The summed E-state index contributed by atoms with van der Waals surface area (Å²) in [6, 6.07) is 11.7. The number of aromatic nitrogens is 2. The lowest BCUT2D eigenvalue weighted by Crippen LogP contribution is -2.34. The number of carbonyl (C=O) groups excluding carboxylic acids is 1. The van der Waals surface area contributed by atoms with E-state index in [-0.39, 0.29) is 11.4 Å². The Balaban J connectivity index is 1.65. The summed E-state index contributed by atoms with van der Waals surface area (Å²) in [6.07, 6.45) is 3.37. The van der Waals surface area contributed by atoms with E-state index in [0.29, 0.717) is 18.1 Å². The number of rotatable bonds is 3. The Kier molecular flexibility index (Phi) is 4.28. The van der Waals surface area contributed by atoms with Crippen LogP contribution in [0.3, 0.4) is 0 Å². The average Bonchev–Trinajstić information content (AvgIpc) is 2.89. The number of anilines is 1. The molecule has 1 N–H and O–H groups in total. The van der Waals surface area contributed by atoms with Crippen LogP contribution in [0.1, 0.15) is 31.7 Å². The zero-order valence-corrected chi connectivity index (χ0v) is 13.6. The summed E-state index contributed by atoms with van der Waals surface area (Å²) in [5.41, 5.74) is 1.35. The van der Waals surface area contributed by atoms with Gasteiger partial charge in [0.15, 0.2) is 0 Å². The number of carbonyl (C=O) groups is 1. The van der Waals surface area contributed by atoms with Crippen LogP contribution in [0, 0.1) is 5.41 Å². The molecule has 1 aliphatic heterocycles. The molecule has 1 fully saturated rings. The van der Waals surface area contributed by atoms with Crippen LogP contribution in [-0.4, -0.2) is 34.0 Å². The fourth-order valence-electron chi connectivity index (χ4n) is 2.81. The van der Waals surface area contributed by atoms with E-state index >= 15 is 0 Å². The second-order valence-electron chi connectivity index (χ2n) is 6.79. The van der Waals surface area contributed by atoms with Crippen molar-refractivity contribution in [2.45, 2.75) is 26.7 Å². The largest absolute Gasteiger partial charge is 0.324 e. The van der Waals surface area contributed by atoms with Crippen LogP contribution < -0.4 is 5.32 Å². The summed E-state index contributed by atoms with van der Waals surface area (Å²) in [5, 5.41) is 2.88. The SMILES string of the molecule is CC1(C)CCN(C(=O)Nc2ccnc(Cc3ccccc3)n2)C1. The molecule has 0 saturated carbocycles. The van der Waals surface area contributed by atoms with Crippen molar-refractivity contribution in [3.05, 3.63) is 54.0 Å². The van der Waals surface area contributed by atoms with Crippen LogP contribution in [-0.2, 0) is 6.42 Å². The smallest absolute Gasteiger partial charge is 0.323 e. The summed E-state index contributed by atoms with van der Waals surface area (Å²) < 4.78 is 0. The van der Waals surface area contributed by atoms with Crippen LogP contribution in [0.25, 0.3) is 0 Å². The Morgan fingerprint density at radius 3 is 2.74 bits per heavy atom. The normalized spacial score (nSPS) is 16.3. The van der Waals surface area contributed by atoms with E-state index in [1.165, 1.54) is 0 Å². The first-order chi connectivity index (χ1) is 11.0. The molecule has 5 nitrogen and oxygen atoms in total. The van der Waals surface area contributed by atoms with Gasteiger partial charge in [-0.3, -0.25) is 5.32 Å². The predicted octanol–water partition coefficient (Wildman–Crippen LogP) is 3.33. The van der Waals surface area contributed by atoms with Crippen LogP contribution in [0.4, 0.5) is 10.6 Å². The number of hydrogen-bond donors (Lipinski definition) is 1. The summed E-state index contributed by atoms with van der Waals surface area (Å²) in [4.78, 5) is 22.9. The van der Waals surface area contributed by atoms with Crippen LogP contribution in [0.2, 0.25) is 0 Å². The molecule has 0 radical (unpaired) electrons. The van der Waals surface area contributed by atoms with Crippen molar-refractivity contribution in [1.29, 1.82) is 0 Å². The molecule has 1 saturated heterocycles. The maximum Gasteiger partial charge on any atom is 0.323 e. The molecule has 5 heteroatoms. The topological polar surface area (TPSA) is 58.1 Å². The first-order valence-corrected chi connectivity index (χ1v) is 7.94. The number of hydrogen-bond acceptors (Lipinski definition) is 3. The van der Waals surface area contributed by atoms with E-state index in [1.807, 2.05) is 35.2 Å². The van der Waals surface area contributed by atoms with Gasteiger partial charge in [0.05, 0.1) is 0 Å². The number of benzene rings is 1. The summed E-state index contributed by atoms with van der Waals surface area (Å²) in [7, 11) is 0. The molecule has 23 heavy (non-hydrogen) atoms. The third-order valence-electron chi connectivity index (χ3n) is 4.11. The van der Waals surface area contributed by atoms with E-state index in [1.54, 1.807) is 12.3 Å². The Morgan fingerprint density at radius 1 is 1.26 bits per heavy atom. The Labute approximate surface area is 136 Å². The molecule has 1 aromatic carbocycles. The van der Waals surface area contributed by atoms with Gasteiger partial charge in [-0.05, 0) is 23.5 Å². The van der Waals surface area contributed by atoms with Gasteiger partial charge in [-0.25, -0.2) is 14.8 Å². The minimum atomic E-state index is -0.0834. The minimum absolute atomic E-state index is 0.0834. The third kappa shape index (κ3) is 4.06. The van der Waals surface area contributed by atoms with Crippen molar-refractivity contribution in [2.75, 3.05) is 18.4 Å². The molecule has 120 valence electrons. The Bertz CT molecular complexity index is 684. The van der Waals surface area contributed by atoms with Gasteiger partial charge < -0.3 is 4.90 Å². The van der Waals surface area contributed by atoms with Crippen molar-refractivity contribution in [3.8, 4) is 0 Å². The Morgan fingerprint density at radius 2 is 2.04 bits per heavy atom. The summed E-state index contributed by atoms with van der Waals surface area (Å²) in [5.74, 6) is 1.26. The molecule has 0 aliphatic carbocycles. The molecule has 0 spiro atoms. The molecule has 2 heterocycles. The van der Waals surface area contributed by atoms with Crippen molar-refractivity contribution in [2.24, 2.45) is 5.41 Å². The fraction of sp³-hybridized carbons (Fsp3) is 0.389. The van der Waals surface area contributed by atoms with E-state index in [4.69, 9.17) is 0 Å². The van der Waals surface area contributed by atoms with E-state index in [2.05, 4.69) is 29.1 Å². The number of nitrogens with zero attached hydrogens (tertiary/aromatic N) is 3. The van der Waals surface area contributed by atoms with Gasteiger partial charge in [0.25, 0.3) is 0 Å². The lowest BCUT2D eigenvalue weighted by Gasteiger charge is -2.20. The van der Waals surface area contributed by atoms with Crippen molar-refractivity contribution >= 4 is 11.8 Å². The predicted molar refractivity (Wildman–Crippen MR) is 90.3 cm³/mol. The number of nitrogens with one attached hydrogen (secondary N) is 1. The lowest BCUT2D eigenvalue weighted by atomic mass is 9.93. The second kappa shape index (κ2) is 6.36. The number of amides is 2. The second-order valence-corrected chi connectivity index (χ2v) is 6.79. The van der Waals surface area contributed by atoms with Crippen LogP contribution in [0.15, 0.2) is 42.6 Å². The van der Waals surface area contributed by atoms with E-state index in [9.17, 15) is 4.79 Å². The maximum atomic E-state index is 12.3. The first kappa shape index (κ1) is 15.5. The van der Waals surface area contributed by atoms with Crippen molar-refractivity contribution in [1.82, 2.24) is 14.9 Å². The molecule has 3 rings (SSSR count). The summed E-state index contributed by atoms with van der Waals surface area (Å²) in [6.45, 7) is 5.94. The van der Waals surface area contributed by atoms with Crippen LogP contribution >= 0.6 is 0 Å². The monoisotopic (exact) mass is 310 g/mol. The molecular formula is C18H22N4O. The first-order valence-electron chi connectivity index (χ1n) is 7.94. The van der Waals surface area contributed by atoms with Gasteiger partial charge in [0.2, 0.25) is 0 Å². The van der Waals surface area contributed by atoms with E-state index < -0.39 is 0 Å². The molecule has 1 aliphatic rings. The highest BCUT2D eigenvalue weighted by molar-refractivity contribution is 5.88. The molecule has 0 atom stereocenters. The fourth-order valence-corrected chi connectivity index (χ4v) is 2.81. The van der Waals surface area contributed by atoms with Gasteiger partial charge in [-0.2, -0.15) is 0 Å². The highest BCUT2D eigenvalue weighted by Crippen LogP contribution is 2.28. The zero-order valence-electron chi connectivity index (χ0n) is 13.6. The van der Waals surface area contributed by atoms with Crippen LogP contribution in [0.5, 0.6) is 0 Å². The van der Waals surface area contributed by atoms with Gasteiger partial charge in [0, 0.05) is 25.7 Å². The Hall–Kier alpha value is -2.43. The molecular weight excluding hydrogens is 288 g/mol. The van der Waals surface area contributed by atoms with Gasteiger partial charge in [-0.1, -0.05) is 44.2 Å². The third-order valence-corrected chi connectivity index (χ3v) is 4.11. The molecule has 2 aromatic rings. The van der Waals surface area contributed by atoms with Gasteiger partial charge >= 0.3 is 6.03 Å². The standard InChI is InChI=1S/C18H22N4O/c1-18(2)9-11-22(13-18)17(23)21-15-8-10-19-16(20-15)12-14-6-4-3-5-7-14/h3-8,10H,9,11-13H2,1-2H3,(H,19,20,21,23). The van der Waals surface area contributed by atoms with Gasteiger partial charge in [-0.15, -0.1) is 0 Å². The number of urea groups is 1. The highest BCUT2D eigenvalue weighted by atomic mass is 16.2. The van der Waals surface area contributed by atoms with E-state index in [0.717, 1.165) is 25.1 Å². The summed E-state index contributed by atoms with van der Waals surface area (Å²) >= 11 is 0. The lowest BCUT2D eigenvalue weighted by molar-refractivity contribution is 0.217.